The second kappa shape index (κ2) is 10.5. The third kappa shape index (κ3) is 5.34. The summed E-state index contributed by atoms with van der Waals surface area (Å²) in [5.74, 6) is 0.528. The first-order valence-electron chi connectivity index (χ1n) is 11.3. The Morgan fingerprint density at radius 2 is 2.12 bits per heavy atom. The van der Waals surface area contributed by atoms with Gasteiger partial charge in [0.2, 0.25) is 0 Å². The van der Waals surface area contributed by atoms with Crippen LogP contribution in [0.5, 0.6) is 5.75 Å². The maximum Gasteiger partial charge on any atom is 0.334 e. The van der Waals surface area contributed by atoms with Gasteiger partial charge in [0.1, 0.15) is 30.3 Å². The lowest BCUT2D eigenvalue weighted by molar-refractivity contribution is -0.153. The highest BCUT2D eigenvalue weighted by atomic mass is 16.5. The van der Waals surface area contributed by atoms with Crippen LogP contribution in [0.1, 0.15) is 55.0 Å². The van der Waals surface area contributed by atoms with Gasteiger partial charge in [-0.1, -0.05) is 31.2 Å². The van der Waals surface area contributed by atoms with E-state index in [4.69, 9.17) is 19.9 Å². The number of rotatable bonds is 10. The first kappa shape index (κ1) is 22.8. The van der Waals surface area contributed by atoms with E-state index in [2.05, 4.69) is 11.6 Å². The zero-order chi connectivity index (χ0) is 23.2. The van der Waals surface area contributed by atoms with Gasteiger partial charge < -0.3 is 19.9 Å². The Balaban J connectivity index is 1.75. The van der Waals surface area contributed by atoms with Gasteiger partial charge in [0.05, 0.1) is 12.0 Å². The zero-order valence-corrected chi connectivity index (χ0v) is 18.6. The topological polar surface area (TPSA) is 109 Å². The van der Waals surface area contributed by atoms with Crippen LogP contribution in [0, 0.1) is 0 Å². The third-order valence-electron chi connectivity index (χ3n) is 5.82. The van der Waals surface area contributed by atoms with Crippen molar-refractivity contribution < 1.29 is 19.0 Å². The highest BCUT2D eigenvalue weighted by molar-refractivity contribution is 5.79. The lowest BCUT2D eigenvalue weighted by Crippen LogP contribution is -2.36. The molecule has 174 valence electrons. The molecule has 1 saturated carbocycles. The lowest BCUT2D eigenvalue weighted by Gasteiger charge is -2.26. The molecule has 8 nitrogen and oxygen atoms in total. The second-order valence-corrected chi connectivity index (χ2v) is 8.19. The molecular weight excluding hydrogens is 422 g/mol. The average Bonchev–Trinajstić information content (AvgIpc) is 3.66. The minimum atomic E-state index is -1.01. The molecular formula is C25H29N3O5. The van der Waals surface area contributed by atoms with E-state index in [1.54, 1.807) is 30.3 Å². The van der Waals surface area contributed by atoms with E-state index in [9.17, 15) is 9.59 Å². The van der Waals surface area contributed by atoms with E-state index < -0.39 is 12.0 Å². The van der Waals surface area contributed by atoms with Crippen LogP contribution < -0.4 is 16.0 Å². The average molecular weight is 452 g/mol. The molecule has 0 saturated heterocycles. The van der Waals surface area contributed by atoms with Crippen molar-refractivity contribution in [3.05, 3.63) is 76.7 Å². The van der Waals surface area contributed by atoms with Gasteiger partial charge >= 0.3 is 5.97 Å². The van der Waals surface area contributed by atoms with E-state index in [-0.39, 0.29) is 11.7 Å². The zero-order valence-electron chi connectivity index (χ0n) is 18.6. The summed E-state index contributed by atoms with van der Waals surface area (Å²) in [7, 11) is 0. The van der Waals surface area contributed by atoms with Gasteiger partial charge in [-0.05, 0) is 49.9 Å². The molecule has 0 spiro atoms. The molecule has 0 radical (unpaired) electrons. The third-order valence-corrected chi connectivity index (χ3v) is 5.82. The molecule has 2 aromatic rings. The largest absolute Gasteiger partial charge is 0.490 e. The quantitative estimate of drug-likeness (QED) is 0.437. The number of hydrogen-bond donors (Lipinski definition) is 1. The minimum absolute atomic E-state index is 0.150. The van der Waals surface area contributed by atoms with Crippen LogP contribution in [-0.2, 0) is 20.7 Å². The Morgan fingerprint density at radius 3 is 2.82 bits per heavy atom. The molecule has 1 atom stereocenters. The summed E-state index contributed by atoms with van der Waals surface area (Å²) < 4.78 is 18.0. The number of benzene rings is 1. The summed E-state index contributed by atoms with van der Waals surface area (Å²) in [6.45, 7) is 4.33. The number of carbonyl (C=O) groups excluding carboxylic acids is 1. The van der Waals surface area contributed by atoms with Crippen LogP contribution >= 0.6 is 0 Å². The van der Waals surface area contributed by atoms with Gasteiger partial charge in [-0.2, -0.15) is 0 Å². The normalized spacial score (nSPS) is 16.3. The smallest absolute Gasteiger partial charge is 0.334 e. The highest BCUT2D eigenvalue weighted by Crippen LogP contribution is 2.30. The Bertz CT molecular complexity index is 1100. The Morgan fingerprint density at radius 1 is 1.33 bits per heavy atom. The van der Waals surface area contributed by atoms with Crippen molar-refractivity contribution in [3.8, 4) is 5.75 Å². The SMILES string of the molecule is C=CCOc1cccc(C(C(=O)OC2CCCCC2)n2cnc(CCN)c(C3=CO3)c2=O)c1. The summed E-state index contributed by atoms with van der Waals surface area (Å²) >= 11 is 0. The van der Waals surface area contributed by atoms with Crippen molar-refractivity contribution in [3.63, 3.8) is 0 Å². The van der Waals surface area contributed by atoms with Crippen molar-refractivity contribution in [2.24, 2.45) is 5.73 Å². The molecule has 2 N–H and O–H groups in total. The molecule has 1 aliphatic heterocycles. The van der Waals surface area contributed by atoms with Crippen LogP contribution in [0.3, 0.4) is 0 Å². The summed E-state index contributed by atoms with van der Waals surface area (Å²) in [6.07, 6.45) is 9.65. The van der Waals surface area contributed by atoms with Gasteiger partial charge in [-0.25, -0.2) is 9.78 Å². The van der Waals surface area contributed by atoms with Gasteiger partial charge in [-0.3, -0.25) is 9.36 Å². The van der Waals surface area contributed by atoms with E-state index in [1.807, 2.05) is 0 Å². The fraction of sp³-hybridized carbons (Fsp3) is 0.400. The van der Waals surface area contributed by atoms with Crippen molar-refractivity contribution >= 4 is 11.7 Å². The fourth-order valence-corrected chi connectivity index (χ4v) is 4.16. The van der Waals surface area contributed by atoms with Crippen LogP contribution in [0.15, 0.2) is 54.3 Å². The van der Waals surface area contributed by atoms with E-state index in [0.29, 0.717) is 47.9 Å². The molecule has 0 bridgehead atoms. The van der Waals surface area contributed by atoms with Gasteiger partial charge in [-0.15, -0.1) is 0 Å². The summed E-state index contributed by atoms with van der Waals surface area (Å²) in [6, 6.07) is 6.08. The van der Waals surface area contributed by atoms with Gasteiger partial charge in [0.25, 0.3) is 5.56 Å². The Hall–Kier alpha value is -3.39. The molecule has 1 unspecified atom stereocenters. The van der Waals surface area contributed by atoms with Crippen molar-refractivity contribution in [1.29, 1.82) is 0 Å². The number of carbonyl (C=O) groups is 1. The number of aromatic nitrogens is 2. The molecule has 2 aliphatic rings. The van der Waals surface area contributed by atoms with Crippen LogP contribution in [0.25, 0.3) is 5.76 Å². The number of ether oxygens (including phenoxy) is 3. The van der Waals surface area contributed by atoms with Crippen molar-refractivity contribution in [2.75, 3.05) is 13.2 Å². The maximum absolute atomic E-state index is 13.5. The van der Waals surface area contributed by atoms with Crippen molar-refractivity contribution in [2.45, 2.75) is 50.7 Å². The molecule has 1 aromatic carbocycles. The highest BCUT2D eigenvalue weighted by Gasteiger charge is 2.32. The van der Waals surface area contributed by atoms with Crippen LogP contribution in [-0.4, -0.2) is 34.8 Å². The second-order valence-electron chi connectivity index (χ2n) is 8.19. The molecule has 1 aromatic heterocycles. The standard InChI is InChI=1S/C25H29N3O5/c1-2-13-31-19-10-6-7-17(14-19)23(25(30)33-18-8-4-3-5-9-18)28-16-27-20(11-12-26)22(24(28)29)21-15-32-21/h2,6-7,10,14-16,18,23H,1,3-5,8-9,11-13,26H2. The van der Waals surface area contributed by atoms with Gasteiger partial charge in [0.15, 0.2) is 11.8 Å². The summed E-state index contributed by atoms with van der Waals surface area (Å²) in [5.41, 5.74) is 6.77. The Labute approximate surface area is 192 Å². The molecule has 2 heterocycles. The lowest BCUT2D eigenvalue weighted by atomic mass is 9.97. The van der Waals surface area contributed by atoms with Gasteiger partial charge in [0, 0.05) is 6.42 Å². The van der Waals surface area contributed by atoms with E-state index in [1.165, 1.54) is 17.2 Å². The predicted molar refractivity (Wildman–Crippen MR) is 124 cm³/mol. The fourth-order valence-electron chi connectivity index (χ4n) is 4.16. The molecule has 8 heteroatoms. The molecule has 1 aliphatic carbocycles. The molecule has 1 fully saturated rings. The minimum Gasteiger partial charge on any atom is -0.490 e. The Kier molecular flexibility index (Phi) is 7.24. The number of hydrogen-bond acceptors (Lipinski definition) is 7. The maximum atomic E-state index is 13.5. The van der Waals surface area contributed by atoms with Crippen LogP contribution in [0.2, 0.25) is 0 Å². The van der Waals surface area contributed by atoms with Crippen LogP contribution in [0.4, 0.5) is 0 Å². The number of nitrogens with zero attached hydrogens (tertiary/aromatic N) is 2. The predicted octanol–water partition coefficient (Wildman–Crippen LogP) is 3.10. The van der Waals surface area contributed by atoms with E-state index in [0.717, 1.165) is 32.1 Å². The first-order chi connectivity index (χ1) is 16.1. The van der Waals surface area contributed by atoms with Crippen molar-refractivity contribution in [1.82, 2.24) is 9.55 Å². The molecule has 4 rings (SSSR count). The number of esters is 1. The monoisotopic (exact) mass is 451 g/mol. The molecule has 33 heavy (non-hydrogen) atoms. The first-order valence-corrected chi connectivity index (χ1v) is 11.3. The van der Waals surface area contributed by atoms with E-state index >= 15 is 0 Å². The number of nitrogens with two attached hydrogens (primary N) is 1. The molecule has 0 amide bonds. The summed E-state index contributed by atoms with van der Waals surface area (Å²) in [5, 5.41) is 0. The summed E-state index contributed by atoms with van der Waals surface area (Å²) in [4.78, 5) is 31.4.